The zero-order valence-electron chi connectivity index (χ0n) is 9.48. The molecule has 0 aliphatic carbocycles. The molecule has 0 radical (unpaired) electrons. The van der Waals surface area contributed by atoms with E-state index in [2.05, 4.69) is 22.2 Å². The van der Waals surface area contributed by atoms with E-state index in [-0.39, 0.29) is 18.2 Å². The number of hydrogen-bond donors (Lipinski definition) is 2. The lowest BCUT2D eigenvalue weighted by Crippen LogP contribution is -2.31. The SMILES string of the molecule is C=CCNC(=O)CC(=O)NCc1cccnc1. The highest BCUT2D eigenvalue weighted by molar-refractivity contribution is 5.96. The van der Waals surface area contributed by atoms with Gasteiger partial charge in [0.25, 0.3) is 0 Å². The number of carbonyl (C=O) groups excluding carboxylic acids is 2. The molecule has 5 heteroatoms. The van der Waals surface area contributed by atoms with Gasteiger partial charge in [-0.3, -0.25) is 14.6 Å². The Morgan fingerprint density at radius 1 is 1.35 bits per heavy atom. The Balaban J connectivity index is 2.26. The summed E-state index contributed by atoms with van der Waals surface area (Å²) in [4.78, 5) is 26.5. The molecule has 17 heavy (non-hydrogen) atoms. The van der Waals surface area contributed by atoms with Crippen LogP contribution in [0.4, 0.5) is 0 Å². The van der Waals surface area contributed by atoms with Crippen molar-refractivity contribution >= 4 is 11.8 Å². The fraction of sp³-hybridized carbons (Fsp3) is 0.250. The summed E-state index contributed by atoms with van der Waals surface area (Å²) < 4.78 is 0. The second-order valence-corrected chi connectivity index (χ2v) is 3.41. The minimum atomic E-state index is -0.311. The molecular weight excluding hydrogens is 218 g/mol. The lowest BCUT2D eigenvalue weighted by Gasteiger charge is -2.05. The van der Waals surface area contributed by atoms with Crippen molar-refractivity contribution in [3.63, 3.8) is 0 Å². The summed E-state index contributed by atoms with van der Waals surface area (Å²) in [6.45, 7) is 4.21. The minimum Gasteiger partial charge on any atom is -0.352 e. The van der Waals surface area contributed by atoms with E-state index in [0.29, 0.717) is 13.1 Å². The van der Waals surface area contributed by atoms with Crippen molar-refractivity contribution in [2.45, 2.75) is 13.0 Å². The molecule has 90 valence electrons. The molecule has 1 heterocycles. The molecule has 0 bridgehead atoms. The van der Waals surface area contributed by atoms with Crippen molar-refractivity contribution < 1.29 is 9.59 Å². The Morgan fingerprint density at radius 2 is 2.12 bits per heavy atom. The normalized spacial score (nSPS) is 9.41. The summed E-state index contributed by atoms with van der Waals surface area (Å²) in [5.74, 6) is -0.621. The number of carbonyl (C=O) groups is 2. The molecule has 1 aromatic heterocycles. The van der Waals surface area contributed by atoms with Gasteiger partial charge in [0.15, 0.2) is 0 Å². The number of rotatable bonds is 6. The van der Waals surface area contributed by atoms with Crippen LogP contribution in [-0.2, 0) is 16.1 Å². The van der Waals surface area contributed by atoms with E-state index >= 15 is 0 Å². The second-order valence-electron chi connectivity index (χ2n) is 3.41. The van der Waals surface area contributed by atoms with Crippen LogP contribution < -0.4 is 10.6 Å². The molecule has 0 unspecified atom stereocenters. The van der Waals surface area contributed by atoms with Crippen LogP contribution in [0.15, 0.2) is 37.2 Å². The first kappa shape index (κ1) is 12.9. The van der Waals surface area contributed by atoms with Gasteiger partial charge in [-0.1, -0.05) is 12.1 Å². The average Bonchev–Trinajstić information content (AvgIpc) is 2.35. The molecule has 0 aromatic carbocycles. The molecule has 0 saturated heterocycles. The summed E-state index contributed by atoms with van der Waals surface area (Å²) in [7, 11) is 0. The van der Waals surface area contributed by atoms with Gasteiger partial charge in [-0.2, -0.15) is 0 Å². The standard InChI is InChI=1S/C12H15N3O2/c1-2-5-14-11(16)7-12(17)15-9-10-4-3-6-13-8-10/h2-4,6,8H,1,5,7,9H2,(H,14,16)(H,15,17). The Labute approximate surface area is 99.9 Å². The van der Waals surface area contributed by atoms with Crippen molar-refractivity contribution in [3.8, 4) is 0 Å². The first-order chi connectivity index (χ1) is 8.22. The van der Waals surface area contributed by atoms with Crippen molar-refractivity contribution in [2.75, 3.05) is 6.54 Å². The highest BCUT2D eigenvalue weighted by atomic mass is 16.2. The van der Waals surface area contributed by atoms with Crippen molar-refractivity contribution in [1.82, 2.24) is 15.6 Å². The summed E-state index contributed by atoms with van der Waals surface area (Å²) in [6, 6.07) is 3.64. The Morgan fingerprint density at radius 3 is 2.76 bits per heavy atom. The summed E-state index contributed by atoms with van der Waals surface area (Å²) >= 11 is 0. The van der Waals surface area contributed by atoms with Crippen LogP contribution in [0.2, 0.25) is 0 Å². The second kappa shape index (κ2) is 7.16. The van der Waals surface area contributed by atoms with Crippen molar-refractivity contribution in [2.24, 2.45) is 0 Å². The number of hydrogen-bond acceptors (Lipinski definition) is 3. The molecule has 1 rings (SSSR count). The molecule has 0 atom stereocenters. The smallest absolute Gasteiger partial charge is 0.229 e. The third-order valence-electron chi connectivity index (χ3n) is 1.98. The molecule has 0 aliphatic rings. The van der Waals surface area contributed by atoms with Gasteiger partial charge in [0, 0.05) is 25.5 Å². The van der Waals surface area contributed by atoms with Gasteiger partial charge in [0.1, 0.15) is 6.42 Å². The van der Waals surface area contributed by atoms with E-state index in [0.717, 1.165) is 5.56 Å². The van der Waals surface area contributed by atoms with E-state index in [1.54, 1.807) is 24.5 Å². The molecule has 5 nitrogen and oxygen atoms in total. The predicted molar refractivity (Wildman–Crippen MR) is 63.9 cm³/mol. The first-order valence-corrected chi connectivity index (χ1v) is 5.25. The average molecular weight is 233 g/mol. The molecular formula is C12H15N3O2. The number of nitrogens with zero attached hydrogens (tertiary/aromatic N) is 1. The van der Waals surface area contributed by atoms with E-state index in [1.165, 1.54) is 0 Å². The predicted octanol–water partition coefficient (Wildman–Crippen LogP) is 0.390. The maximum absolute atomic E-state index is 11.4. The number of aromatic nitrogens is 1. The highest BCUT2D eigenvalue weighted by Gasteiger charge is 2.07. The molecule has 0 saturated carbocycles. The van der Waals surface area contributed by atoms with E-state index < -0.39 is 0 Å². The summed E-state index contributed by atoms with van der Waals surface area (Å²) in [6.07, 6.45) is 4.71. The topological polar surface area (TPSA) is 71.1 Å². The van der Waals surface area contributed by atoms with Crippen molar-refractivity contribution in [3.05, 3.63) is 42.7 Å². The van der Waals surface area contributed by atoms with Gasteiger partial charge in [0.2, 0.25) is 11.8 Å². The van der Waals surface area contributed by atoms with Crippen LogP contribution in [-0.4, -0.2) is 23.3 Å². The van der Waals surface area contributed by atoms with Gasteiger partial charge < -0.3 is 10.6 Å². The zero-order valence-corrected chi connectivity index (χ0v) is 9.48. The molecule has 2 N–H and O–H groups in total. The molecule has 0 fully saturated rings. The molecule has 0 spiro atoms. The van der Waals surface area contributed by atoms with Gasteiger partial charge in [-0.05, 0) is 11.6 Å². The quantitative estimate of drug-likeness (QED) is 0.551. The van der Waals surface area contributed by atoms with Crippen LogP contribution in [0.5, 0.6) is 0 Å². The van der Waals surface area contributed by atoms with E-state index in [9.17, 15) is 9.59 Å². The number of nitrogens with one attached hydrogen (secondary N) is 2. The fourth-order valence-electron chi connectivity index (χ4n) is 1.16. The lowest BCUT2D eigenvalue weighted by molar-refractivity contribution is -0.129. The maximum atomic E-state index is 11.4. The molecule has 2 amide bonds. The van der Waals surface area contributed by atoms with Crippen LogP contribution >= 0.6 is 0 Å². The Kier molecular flexibility index (Phi) is 5.43. The van der Waals surface area contributed by atoms with Crippen LogP contribution in [0, 0.1) is 0 Å². The maximum Gasteiger partial charge on any atom is 0.229 e. The van der Waals surface area contributed by atoms with Gasteiger partial charge >= 0.3 is 0 Å². The highest BCUT2D eigenvalue weighted by Crippen LogP contribution is 1.94. The summed E-state index contributed by atoms with van der Waals surface area (Å²) in [5.41, 5.74) is 0.896. The third kappa shape index (κ3) is 5.46. The van der Waals surface area contributed by atoms with Gasteiger partial charge in [-0.15, -0.1) is 6.58 Å². The Bertz CT molecular complexity index is 390. The third-order valence-corrected chi connectivity index (χ3v) is 1.98. The number of amides is 2. The van der Waals surface area contributed by atoms with Crippen LogP contribution in [0.3, 0.4) is 0 Å². The largest absolute Gasteiger partial charge is 0.352 e. The van der Waals surface area contributed by atoms with E-state index in [1.807, 2.05) is 6.07 Å². The van der Waals surface area contributed by atoms with Crippen LogP contribution in [0.25, 0.3) is 0 Å². The lowest BCUT2D eigenvalue weighted by atomic mass is 10.3. The first-order valence-electron chi connectivity index (χ1n) is 5.25. The van der Waals surface area contributed by atoms with Crippen molar-refractivity contribution in [1.29, 1.82) is 0 Å². The monoisotopic (exact) mass is 233 g/mol. The molecule has 1 aromatic rings. The van der Waals surface area contributed by atoms with Crippen LogP contribution in [0.1, 0.15) is 12.0 Å². The fourth-order valence-corrected chi connectivity index (χ4v) is 1.16. The summed E-state index contributed by atoms with van der Waals surface area (Å²) in [5, 5.41) is 5.17. The number of pyridine rings is 1. The minimum absolute atomic E-state index is 0.173. The van der Waals surface area contributed by atoms with E-state index in [4.69, 9.17) is 0 Å². The van der Waals surface area contributed by atoms with Gasteiger partial charge in [0.05, 0.1) is 0 Å². The van der Waals surface area contributed by atoms with Gasteiger partial charge in [-0.25, -0.2) is 0 Å². The zero-order chi connectivity index (χ0) is 12.5. The molecule has 0 aliphatic heterocycles. The Hall–Kier alpha value is -2.17.